The third-order valence-electron chi connectivity index (χ3n) is 2.69. The van der Waals surface area contributed by atoms with Crippen LogP contribution in [0.3, 0.4) is 0 Å². The van der Waals surface area contributed by atoms with E-state index in [2.05, 4.69) is 4.72 Å². The van der Waals surface area contributed by atoms with E-state index in [9.17, 15) is 13.2 Å². The molecular weight excluding hydrogens is 294 g/mol. The zero-order valence-electron chi connectivity index (χ0n) is 12.2. The molecule has 21 heavy (non-hydrogen) atoms. The predicted molar refractivity (Wildman–Crippen MR) is 79.7 cm³/mol. The SMILES string of the molecule is CC(C)C[C@H](NS(=O)(=O)CCOc1ccccc1)C(=O)O. The summed E-state index contributed by atoms with van der Waals surface area (Å²) in [5.74, 6) is -0.806. The van der Waals surface area contributed by atoms with E-state index < -0.39 is 22.0 Å². The van der Waals surface area contributed by atoms with Gasteiger partial charge in [0.25, 0.3) is 0 Å². The number of benzene rings is 1. The number of aliphatic carboxylic acids is 1. The van der Waals surface area contributed by atoms with Crippen LogP contribution >= 0.6 is 0 Å². The van der Waals surface area contributed by atoms with Crippen LogP contribution < -0.4 is 9.46 Å². The number of nitrogens with one attached hydrogen (secondary N) is 1. The number of para-hydroxylation sites is 1. The number of carbonyl (C=O) groups is 1. The molecule has 1 aromatic carbocycles. The summed E-state index contributed by atoms with van der Waals surface area (Å²) in [6.07, 6.45) is 0.244. The van der Waals surface area contributed by atoms with E-state index in [0.29, 0.717) is 5.75 Å². The molecular formula is C14H21NO5S. The molecule has 0 radical (unpaired) electrons. The predicted octanol–water partition coefficient (Wildman–Crippen LogP) is 1.48. The van der Waals surface area contributed by atoms with Gasteiger partial charge in [-0.25, -0.2) is 13.1 Å². The normalized spacial score (nSPS) is 13.1. The quantitative estimate of drug-likeness (QED) is 0.720. The van der Waals surface area contributed by atoms with Gasteiger partial charge in [-0.15, -0.1) is 0 Å². The molecule has 0 fully saturated rings. The van der Waals surface area contributed by atoms with Crippen LogP contribution in [0, 0.1) is 5.92 Å². The van der Waals surface area contributed by atoms with Gasteiger partial charge in [0.15, 0.2) is 0 Å². The van der Waals surface area contributed by atoms with Crippen molar-refractivity contribution >= 4 is 16.0 Å². The second-order valence-corrected chi connectivity index (χ2v) is 6.99. The van der Waals surface area contributed by atoms with Crippen molar-refractivity contribution in [3.63, 3.8) is 0 Å². The molecule has 0 saturated heterocycles. The molecule has 7 heteroatoms. The van der Waals surface area contributed by atoms with Gasteiger partial charge in [-0.2, -0.15) is 0 Å². The number of hydrogen-bond donors (Lipinski definition) is 2. The van der Waals surface area contributed by atoms with E-state index in [1.807, 2.05) is 19.9 Å². The van der Waals surface area contributed by atoms with Crippen molar-refractivity contribution in [2.24, 2.45) is 5.92 Å². The lowest BCUT2D eigenvalue weighted by atomic mass is 10.1. The van der Waals surface area contributed by atoms with Crippen LogP contribution in [-0.4, -0.2) is 37.9 Å². The van der Waals surface area contributed by atoms with Gasteiger partial charge in [0, 0.05) is 0 Å². The summed E-state index contributed by atoms with van der Waals surface area (Å²) in [5, 5.41) is 9.03. The maximum absolute atomic E-state index is 11.9. The molecule has 1 aromatic rings. The van der Waals surface area contributed by atoms with Crippen molar-refractivity contribution in [3.05, 3.63) is 30.3 Å². The minimum Gasteiger partial charge on any atom is -0.492 e. The molecule has 0 heterocycles. The largest absolute Gasteiger partial charge is 0.492 e. The van der Waals surface area contributed by atoms with E-state index in [-0.39, 0.29) is 24.7 Å². The number of ether oxygens (including phenoxy) is 1. The molecule has 2 N–H and O–H groups in total. The molecule has 0 aromatic heterocycles. The van der Waals surface area contributed by atoms with Gasteiger partial charge >= 0.3 is 5.97 Å². The summed E-state index contributed by atoms with van der Waals surface area (Å²) >= 11 is 0. The van der Waals surface area contributed by atoms with Crippen LogP contribution in [0.15, 0.2) is 30.3 Å². The molecule has 0 aliphatic carbocycles. The van der Waals surface area contributed by atoms with Crippen LogP contribution in [0.1, 0.15) is 20.3 Å². The summed E-state index contributed by atoms with van der Waals surface area (Å²) in [6, 6.07) is 7.73. The molecule has 1 atom stereocenters. The van der Waals surface area contributed by atoms with Gasteiger partial charge in [-0.1, -0.05) is 32.0 Å². The summed E-state index contributed by atoms with van der Waals surface area (Å²) in [7, 11) is -3.70. The van der Waals surface area contributed by atoms with Gasteiger partial charge in [-0.05, 0) is 24.5 Å². The van der Waals surface area contributed by atoms with Crippen LogP contribution in [-0.2, 0) is 14.8 Å². The van der Waals surface area contributed by atoms with E-state index in [1.54, 1.807) is 24.3 Å². The van der Waals surface area contributed by atoms with Crippen molar-refractivity contribution < 1.29 is 23.1 Å². The Hall–Kier alpha value is -1.60. The van der Waals surface area contributed by atoms with Crippen LogP contribution in [0.5, 0.6) is 5.75 Å². The Morgan fingerprint density at radius 2 is 1.90 bits per heavy atom. The molecule has 0 spiro atoms. The maximum atomic E-state index is 11.9. The Morgan fingerprint density at radius 1 is 1.29 bits per heavy atom. The minimum absolute atomic E-state index is 0.0344. The Balaban J connectivity index is 2.50. The Bertz CT molecular complexity index is 542. The summed E-state index contributed by atoms with van der Waals surface area (Å²) in [5.41, 5.74) is 0. The second kappa shape index (κ2) is 7.99. The van der Waals surface area contributed by atoms with E-state index in [4.69, 9.17) is 9.84 Å². The molecule has 0 bridgehead atoms. The second-order valence-electron chi connectivity index (χ2n) is 5.12. The fourth-order valence-corrected chi connectivity index (χ4v) is 2.78. The number of carboxylic acids is 1. The Kier molecular flexibility index (Phi) is 6.64. The lowest BCUT2D eigenvalue weighted by Crippen LogP contribution is -2.43. The average molecular weight is 315 g/mol. The minimum atomic E-state index is -3.70. The number of carboxylic acid groups (broad SMARTS) is 1. The first-order valence-electron chi connectivity index (χ1n) is 6.71. The first-order valence-corrected chi connectivity index (χ1v) is 8.36. The van der Waals surface area contributed by atoms with Gasteiger partial charge in [0.05, 0.1) is 5.75 Å². The highest BCUT2D eigenvalue weighted by Gasteiger charge is 2.24. The highest BCUT2D eigenvalue weighted by atomic mass is 32.2. The zero-order valence-corrected chi connectivity index (χ0v) is 13.0. The van der Waals surface area contributed by atoms with Crippen molar-refractivity contribution in [3.8, 4) is 5.75 Å². The van der Waals surface area contributed by atoms with E-state index >= 15 is 0 Å². The topological polar surface area (TPSA) is 92.7 Å². The molecule has 118 valence electrons. The van der Waals surface area contributed by atoms with Gasteiger partial charge < -0.3 is 9.84 Å². The molecule has 0 amide bonds. The molecule has 0 unspecified atom stereocenters. The first-order chi connectivity index (χ1) is 9.80. The first kappa shape index (κ1) is 17.5. The van der Waals surface area contributed by atoms with Gasteiger partial charge in [-0.3, -0.25) is 4.79 Å². The van der Waals surface area contributed by atoms with Crippen molar-refractivity contribution in [2.45, 2.75) is 26.3 Å². The molecule has 0 aliphatic heterocycles. The van der Waals surface area contributed by atoms with Crippen LogP contribution in [0.4, 0.5) is 0 Å². The third-order valence-corrected chi connectivity index (χ3v) is 4.04. The lowest BCUT2D eigenvalue weighted by Gasteiger charge is -2.16. The van der Waals surface area contributed by atoms with E-state index in [0.717, 1.165) is 0 Å². The fourth-order valence-electron chi connectivity index (χ4n) is 1.73. The Labute approximate surface area is 125 Å². The fraction of sp³-hybridized carbons (Fsp3) is 0.500. The standard InChI is InChI=1S/C14H21NO5S/c1-11(2)10-13(14(16)17)15-21(18,19)9-8-20-12-6-4-3-5-7-12/h3-7,11,13,15H,8-10H2,1-2H3,(H,16,17)/t13-/m0/s1. The van der Waals surface area contributed by atoms with Crippen molar-refractivity contribution in [2.75, 3.05) is 12.4 Å². The summed E-state index contributed by atoms with van der Waals surface area (Å²) in [6.45, 7) is 3.64. The van der Waals surface area contributed by atoms with Crippen LogP contribution in [0.2, 0.25) is 0 Å². The van der Waals surface area contributed by atoms with Crippen LogP contribution in [0.25, 0.3) is 0 Å². The third kappa shape index (κ3) is 7.10. The monoisotopic (exact) mass is 315 g/mol. The average Bonchev–Trinajstić information content (AvgIpc) is 2.38. The maximum Gasteiger partial charge on any atom is 0.321 e. The van der Waals surface area contributed by atoms with Crippen molar-refractivity contribution in [1.82, 2.24) is 4.72 Å². The highest BCUT2D eigenvalue weighted by Crippen LogP contribution is 2.09. The molecule has 0 saturated carbocycles. The smallest absolute Gasteiger partial charge is 0.321 e. The zero-order chi connectivity index (χ0) is 15.9. The van der Waals surface area contributed by atoms with E-state index in [1.165, 1.54) is 0 Å². The lowest BCUT2D eigenvalue weighted by molar-refractivity contribution is -0.139. The highest BCUT2D eigenvalue weighted by molar-refractivity contribution is 7.89. The van der Waals surface area contributed by atoms with Gasteiger partial charge in [0.2, 0.25) is 10.0 Å². The summed E-state index contributed by atoms with van der Waals surface area (Å²) in [4.78, 5) is 11.0. The van der Waals surface area contributed by atoms with Gasteiger partial charge in [0.1, 0.15) is 18.4 Å². The molecule has 6 nitrogen and oxygen atoms in total. The molecule has 1 rings (SSSR count). The number of sulfonamides is 1. The Morgan fingerprint density at radius 3 is 2.43 bits per heavy atom. The van der Waals surface area contributed by atoms with Crippen molar-refractivity contribution in [1.29, 1.82) is 0 Å². The number of hydrogen-bond acceptors (Lipinski definition) is 4. The number of rotatable bonds is 9. The summed E-state index contributed by atoms with van der Waals surface area (Å²) < 4.78 is 31.2. The molecule has 0 aliphatic rings.